The van der Waals surface area contributed by atoms with Crippen molar-refractivity contribution in [2.24, 2.45) is 0 Å². The Morgan fingerprint density at radius 1 is 1.38 bits per heavy atom. The van der Waals surface area contributed by atoms with Crippen molar-refractivity contribution in [1.82, 2.24) is 24.5 Å². The van der Waals surface area contributed by atoms with Crippen LogP contribution in [0.15, 0.2) is 23.7 Å². The summed E-state index contributed by atoms with van der Waals surface area (Å²) in [5.74, 6) is 0.872. The number of thiazole rings is 1. The summed E-state index contributed by atoms with van der Waals surface area (Å²) in [6, 6.07) is 3.39. The molecule has 0 aromatic carbocycles. The van der Waals surface area contributed by atoms with Crippen LogP contribution >= 0.6 is 11.3 Å². The summed E-state index contributed by atoms with van der Waals surface area (Å²) < 4.78 is 1.54. The summed E-state index contributed by atoms with van der Waals surface area (Å²) in [5, 5.41) is 6.97. The van der Waals surface area contributed by atoms with Crippen molar-refractivity contribution in [3.8, 4) is 10.8 Å². The molecule has 3 aromatic rings. The Labute approximate surface area is 144 Å². The summed E-state index contributed by atoms with van der Waals surface area (Å²) in [5.41, 5.74) is 7.17. The van der Waals surface area contributed by atoms with Gasteiger partial charge in [-0.05, 0) is 25.5 Å². The Morgan fingerprint density at radius 2 is 2.21 bits per heavy atom. The lowest BCUT2D eigenvalue weighted by molar-refractivity contribution is 0.0762. The summed E-state index contributed by atoms with van der Waals surface area (Å²) in [6.07, 6.45) is 3.74. The SMILES string of the molecule is CCCCN(CC)C(=O)c1cc(N)n2nc(-c3nccs3)nc2c1. The van der Waals surface area contributed by atoms with E-state index in [1.54, 1.807) is 18.3 Å². The molecule has 0 aliphatic rings. The first kappa shape index (κ1) is 16.4. The molecule has 0 atom stereocenters. The minimum absolute atomic E-state index is 0.0288. The van der Waals surface area contributed by atoms with E-state index < -0.39 is 0 Å². The predicted molar refractivity (Wildman–Crippen MR) is 95.0 cm³/mol. The highest BCUT2D eigenvalue weighted by atomic mass is 32.1. The molecule has 7 nitrogen and oxygen atoms in total. The number of carbonyl (C=O) groups is 1. The highest BCUT2D eigenvalue weighted by Gasteiger charge is 2.18. The molecule has 0 fully saturated rings. The lowest BCUT2D eigenvalue weighted by atomic mass is 10.2. The van der Waals surface area contributed by atoms with Crippen LogP contribution in [0.5, 0.6) is 0 Å². The van der Waals surface area contributed by atoms with Crippen LogP contribution in [0.1, 0.15) is 37.0 Å². The minimum atomic E-state index is -0.0288. The van der Waals surface area contributed by atoms with E-state index in [2.05, 4.69) is 22.0 Å². The number of hydrogen-bond acceptors (Lipinski definition) is 6. The normalized spacial score (nSPS) is 11.1. The van der Waals surface area contributed by atoms with E-state index in [1.807, 2.05) is 17.2 Å². The van der Waals surface area contributed by atoms with Gasteiger partial charge in [0.1, 0.15) is 5.82 Å². The number of fused-ring (bicyclic) bond motifs is 1. The van der Waals surface area contributed by atoms with Crippen LogP contribution in [-0.4, -0.2) is 43.5 Å². The van der Waals surface area contributed by atoms with Gasteiger partial charge in [0.15, 0.2) is 10.7 Å². The number of unbranched alkanes of at least 4 members (excludes halogenated alkanes) is 1. The van der Waals surface area contributed by atoms with Gasteiger partial charge in [-0.1, -0.05) is 13.3 Å². The van der Waals surface area contributed by atoms with Crippen LogP contribution in [0.4, 0.5) is 5.82 Å². The van der Waals surface area contributed by atoms with Crippen molar-refractivity contribution in [2.45, 2.75) is 26.7 Å². The zero-order valence-electron chi connectivity index (χ0n) is 13.8. The summed E-state index contributed by atoms with van der Waals surface area (Å²) in [4.78, 5) is 23.2. The number of nitrogen functional groups attached to an aromatic ring is 1. The highest BCUT2D eigenvalue weighted by molar-refractivity contribution is 7.13. The molecule has 2 N–H and O–H groups in total. The quantitative estimate of drug-likeness (QED) is 0.742. The van der Waals surface area contributed by atoms with E-state index >= 15 is 0 Å². The minimum Gasteiger partial charge on any atom is -0.384 e. The lowest BCUT2D eigenvalue weighted by Gasteiger charge is -2.20. The van der Waals surface area contributed by atoms with Crippen molar-refractivity contribution >= 4 is 28.7 Å². The van der Waals surface area contributed by atoms with Crippen molar-refractivity contribution in [3.63, 3.8) is 0 Å². The maximum absolute atomic E-state index is 12.7. The van der Waals surface area contributed by atoms with Gasteiger partial charge in [-0.25, -0.2) is 9.97 Å². The largest absolute Gasteiger partial charge is 0.384 e. The van der Waals surface area contributed by atoms with Gasteiger partial charge in [-0.3, -0.25) is 4.79 Å². The molecule has 0 bridgehead atoms. The average Bonchev–Trinajstić information content (AvgIpc) is 3.24. The van der Waals surface area contributed by atoms with Crippen LogP contribution in [-0.2, 0) is 0 Å². The van der Waals surface area contributed by atoms with E-state index in [-0.39, 0.29) is 5.91 Å². The van der Waals surface area contributed by atoms with Crippen molar-refractivity contribution in [2.75, 3.05) is 18.8 Å². The maximum Gasteiger partial charge on any atom is 0.254 e. The van der Waals surface area contributed by atoms with E-state index in [4.69, 9.17) is 5.73 Å². The van der Waals surface area contributed by atoms with E-state index in [1.165, 1.54) is 15.9 Å². The second-order valence-corrected chi connectivity index (χ2v) is 6.34. The van der Waals surface area contributed by atoms with Gasteiger partial charge in [-0.15, -0.1) is 16.4 Å². The monoisotopic (exact) mass is 344 g/mol. The maximum atomic E-state index is 12.7. The molecule has 0 spiro atoms. The van der Waals surface area contributed by atoms with Gasteiger partial charge < -0.3 is 10.6 Å². The topological polar surface area (TPSA) is 89.4 Å². The molecular weight excluding hydrogens is 324 g/mol. The Hall–Kier alpha value is -2.48. The van der Waals surface area contributed by atoms with Crippen LogP contribution < -0.4 is 5.73 Å². The average molecular weight is 344 g/mol. The number of amides is 1. The number of pyridine rings is 1. The number of nitrogens with two attached hydrogens (primary N) is 1. The summed E-state index contributed by atoms with van der Waals surface area (Å²) in [6.45, 7) is 5.50. The number of anilines is 1. The van der Waals surface area contributed by atoms with E-state index in [9.17, 15) is 4.79 Å². The number of hydrogen-bond donors (Lipinski definition) is 1. The molecule has 0 radical (unpaired) electrons. The molecule has 24 heavy (non-hydrogen) atoms. The molecule has 0 saturated carbocycles. The number of rotatable bonds is 6. The van der Waals surface area contributed by atoms with Gasteiger partial charge >= 0.3 is 0 Å². The first-order valence-corrected chi connectivity index (χ1v) is 8.87. The fraction of sp³-hybridized carbons (Fsp3) is 0.375. The molecule has 3 aromatic heterocycles. The van der Waals surface area contributed by atoms with E-state index in [0.717, 1.165) is 24.4 Å². The van der Waals surface area contributed by atoms with Crippen molar-refractivity contribution < 1.29 is 4.79 Å². The number of aromatic nitrogens is 4. The summed E-state index contributed by atoms with van der Waals surface area (Å²) >= 11 is 1.46. The first-order valence-electron chi connectivity index (χ1n) is 7.99. The highest BCUT2D eigenvalue weighted by Crippen LogP contribution is 2.21. The van der Waals surface area contributed by atoms with E-state index in [0.29, 0.717) is 29.4 Å². The fourth-order valence-corrected chi connectivity index (χ4v) is 3.06. The smallest absolute Gasteiger partial charge is 0.254 e. The second-order valence-electron chi connectivity index (χ2n) is 5.45. The zero-order valence-corrected chi connectivity index (χ0v) is 14.6. The van der Waals surface area contributed by atoms with Gasteiger partial charge in [0.2, 0.25) is 5.82 Å². The molecule has 126 valence electrons. The Morgan fingerprint density at radius 3 is 2.88 bits per heavy atom. The summed E-state index contributed by atoms with van der Waals surface area (Å²) in [7, 11) is 0. The lowest BCUT2D eigenvalue weighted by Crippen LogP contribution is -2.31. The Balaban J connectivity index is 1.96. The molecule has 1 amide bonds. The zero-order chi connectivity index (χ0) is 17.1. The van der Waals surface area contributed by atoms with Gasteiger partial charge in [0.25, 0.3) is 5.91 Å². The van der Waals surface area contributed by atoms with Crippen molar-refractivity contribution in [3.05, 3.63) is 29.3 Å². The van der Waals surface area contributed by atoms with Crippen LogP contribution in [0, 0.1) is 0 Å². The van der Waals surface area contributed by atoms with Gasteiger partial charge in [-0.2, -0.15) is 4.52 Å². The fourth-order valence-electron chi connectivity index (χ4n) is 2.49. The second kappa shape index (κ2) is 6.96. The molecule has 8 heteroatoms. The van der Waals surface area contributed by atoms with Crippen molar-refractivity contribution in [1.29, 1.82) is 0 Å². The molecule has 3 heterocycles. The van der Waals surface area contributed by atoms with Crippen LogP contribution in [0.2, 0.25) is 0 Å². The molecule has 3 rings (SSSR count). The van der Waals surface area contributed by atoms with Crippen LogP contribution in [0.3, 0.4) is 0 Å². The molecule has 0 aliphatic carbocycles. The predicted octanol–water partition coefficient (Wildman–Crippen LogP) is 2.70. The third kappa shape index (κ3) is 3.09. The molecule has 0 saturated heterocycles. The van der Waals surface area contributed by atoms with Gasteiger partial charge in [0.05, 0.1) is 0 Å². The number of nitrogens with zero attached hydrogens (tertiary/aromatic N) is 5. The number of carbonyl (C=O) groups excluding carboxylic acids is 1. The third-order valence-corrected chi connectivity index (χ3v) is 4.55. The Kier molecular flexibility index (Phi) is 4.75. The standard InChI is InChI=1S/C16H20N6OS/c1-3-5-7-21(4-2)16(23)11-9-12(17)22-13(10-11)19-14(20-22)15-18-6-8-24-15/h6,8-10H,3-5,7,17H2,1-2H3. The van der Waals surface area contributed by atoms with Gasteiger partial charge in [0, 0.05) is 30.2 Å². The molecular formula is C16H20N6OS. The third-order valence-electron chi connectivity index (χ3n) is 3.79. The molecule has 0 unspecified atom stereocenters. The van der Waals surface area contributed by atoms with Crippen LogP contribution in [0.25, 0.3) is 16.5 Å². The Bertz CT molecular complexity index is 842. The first-order chi connectivity index (χ1) is 11.6. The molecule has 0 aliphatic heterocycles.